The van der Waals surface area contributed by atoms with Crippen molar-refractivity contribution in [3.63, 3.8) is 0 Å². The van der Waals surface area contributed by atoms with E-state index < -0.39 is 18.1 Å². The summed E-state index contributed by atoms with van der Waals surface area (Å²) in [5.74, 6) is 0.362. The maximum absolute atomic E-state index is 13.7. The van der Waals surface area contributed by atoms with E-state index in [-0.39, 0.29) is 11.6 Å². The third kappa shape index (κ3) is 5.56. The summed E-state index contributed by atoms with van der Waals surface area (Å²) in [6.45, 7) is 1.62. The van der Waals surface area contributed by atoms with E-state index in [4.69, 9.17) is 15.3 Å². The highest BCUT2D eigenvalue weighted by Crippen LogP contribution is 2.44. The number of carboxylic acid groups (broad SMARTS) is 1. The van der Waals surface area contributed by atoms with Gasteiger partial charge in [0.1, 0.15) is 23.4 Å². The molecule has 0 amide bonds. The molecule has 55 heavy (non-hydrogen) atoms. The molecule has 0 fully saturated rings. The lowest BCUT2D eigenvalue weighted by molar-refractivity contribution is -0.137. The van der Waals surface area contributed by atoms with Gasteiger partial charge in [0.15, 0.2) is 5.82 Å². The summed E-state index contributed by atoms with van der Waals surface area (Å²) in [6.07, 6.45) is 3.75. The monoisotopic (exact) mass is 723 g/mol. The minimum absolute atomic E-state index is 0.108. The van der Waals surface area contributed by atoms with Crippen LogP contribution in [0.5, 0.6) is 0 Å². The van der Waals surface area contributed by atoms with E-state index in [2.05, 4.69) is 71.9 Å². The van der Waals surface area contributed by atoms with Gasteiger partial charge in [-0.2, -0.15) is 0 Å². The second-order valence-corrected chi connectivity index (χ2v) is 13.9. The Morgan fingerprint density at radius 1 is 0.800 bits per heavy atom. The molecule has 3 aromatic heterocycles. The fraction of sp³-hybridized carbons (Fsp3) is 0.156. The number of carbonyl (C=O) groups is 1. The van der Waals surface area contributed by atoms with E-state index in [0.29, 0.717) is 23.3 Å². The van der Waals surface area contributed by atoms with Gasteiger partial charge in [0.25, 0.3) is 5.56 Å². The van der Waals surface area contributed by atoms with Crippen LogP contribution in [0.25, 0.3) is 33.5 Å². The van der Waals surface area contributed by atoms with Crippen molar-refractivity contribution in [3.05, 3.63) is 190 Å². The number of aryl methyl sites for hydroxylation is 2. The van der Waals surface area contributed by atoms with Crippen molar-refractivity contribution < 1.29 is 9.90 Å². The Morgan fingerprint density at radius 2 is 1.42 bits per heavy atom. The van der Waals surface area contributed by atoms with Crippen molar-refractivity contribution in [3.8, 4) is 22.5 Å². The number of imidazole rings is 1. The van der Waals surface area contributed by atoms with E-state index in [0.717, 1.165) is 57.6 Å². The lowest BCUT2D eigenvalue weighted by atomic mass is 9.77. The van der Waals surface area contributed by atoms with Crippen LogP contribution in [0.4, 0.5) is 0 Å². The van der Waals surface area contributed by atoms with Crippen LogP contribution in [-0.4, -0.2) is 45.4 Å². The molecule has 1 N–H and O–H groups in total. The summed E-state index contributed by atoms with van der Waals surface area (Å²) in [6, 6.07) is 47.5. The number of benzene rings is 5. The molecule has 8 aromatic rings. The van der Waals surface area contributed by atoms with Crippen molar-refractivity contribution in [1.82, 2.24) is 34.3 Å². The van der Waals surface area contributed by atoms with Gasteiger partial charge in [-0.25, -0.2) is 9.67 Å². The number of fused-ring (bicyclic) bond motifs is 2. The molecule has 9 rings (SSSR count). The number of hydrogen-bond acceptors (Lipinski definition) is 6. The topological polar surface area (TPSA) is 121 Å². The molecular formula is C45H37N7O3. The molecule has 5 aromatic carbocycles. The van der Waals surface area contributed by atoms with Gasteiger partial charge < -0.3 is 14.2 Å². The van der Waals surface area contributed by atoms with Crippen LogP contribution in [0.15, 0.2) is 151 Å². The van der Waals surface area contributed by atoms with E-state index in [9.17, 15) is 14.7 Å². The zero-order valence-corrected chi connectivity index (χ0v) is 30.2. The van der Waals surface area contributed by atoms with Crippen LogP contribution >= 0.6 is 0 Å². The van der Waals surface area contributed by atoms with Crippen molar-refractivity contribution in [2.24, 2.45) is 0 Å². The molecule has 270 valence electrons. The predicted octanol–water partition coefficient (Wildman–Crippen LogP) is 7.54. The molecule has 10 nitrogen and oxygen atoms in total. The number of aromatic nitrogens is 7. The fourth-order valence-corrected chi connectivity index (χ4v) is 8.49. The molecular weight excluding hydrogens is 687 g/mol. The maximum Gasteiger partial charge on any atom is 0.323 e. The highest BCUT2D eigenvalue weighted by molar-refractivity contribution is 5.82. The molecule has 1 aliphatic carbocycles. The molecule has 0 unspecified atom stereocenters. The molecule has 1 atom stereocenters. The minimum atomic E-state index is -1.07. The van der Waals surface area contributed by atoms with Crippen LogP contribution in [0, 0.1) is 0 Å². The van der Waals surface area contributed by atoms with Gasteiger partial charge in [-0.05, 0) is 68.3 Å². The summed E-state index contributed by atoms with van der Waals surface area (Å²) in [7, 11) is 0. The second kappa shape index (κ2) is 13.8. The molecule has 10 heteroatoms. The highest BCUT2D eigenvalue weighted by atomic mass is 16.4. The third-order valence-electron chi connectivity index (χ3n) is 10.9. The number of rotatable bonds is 10. The van der Waals surface area contributed by atoms with Crippen molar-refractivity contribution in [2.45, 2.75) is 44.3 Å². The SMILES string of the molecule is CCc1nc2ccn(CC(=O)O)c(=O)c2n1[C@H]1CCc2cc(-c3ccccc3-c3nnnn3C(c3ccccc3)(c3ccccc3)c3ccccc3)ccc21. The Bertz CT molecular complexity index is 2640. The molecule has 0 radical (unpaired) electrons. The van der Waals surface area contributed by atoms with Gasteiger partial charge in [0, 0.05) is 18.2 Å². The van der Waals surface area contributed by atoms with Gasteiger partial charge in [-0.1, -0.05) is 140 Å². The van der Waals surface area contributed by atoms with E-state index in [1.54, 1.807) is 6.07 Å². The number of hydrogen-bond donors (Lipinski definition) is 1. The predicted molar refractivity (Wildman–Crippen MR) is 211 cm³/mol. The molecule has 0 spiro atoms. The first-order valence-electron chi connectivity index (χ1n) is 18.5. The van der Waals surface area contributed by atoms with Crippen molar-refractivity contribution in [2.75, 3.05) is 0 Å². The Kier molecular flexibility index (Phi) is 8.50. The zero-order valence-electron chi connectivity index (χ0n) is 30.2. The average molecular weight is 724 g/mol. The number of nitrogens with zero attached hydrogens (tertiary/aromatic N) is 7. The van der Waals surface area contributed by atoms with Crippen LogP contribution < -0.4 is 5.56 Å². The number of tetrazole rings is 1. The normalized spacial score (nSPS) is 13.9. The lowest BCUT2D eigenvalue weighted by Crippen LogP contribution is -2.39. The van der Waals surface area contributed by atoms with Crippen LogP contribution in [0.1, 0.15) is 53.0 Å². The zero-order chi connectivity index (χ0) is 37.5. The first-order chi connectivity index (χ1) is 27.0. The summed E-state index contributed by atoms with van der Waals surface area (Å²) in [4.78, 5) is 30.0. The Labute approximate surface area is 317 Å². The molecule has 3 heterocycles. The van der Waals surface area contributed by atoms with E-state index in [1.165, 1.54) is 16.3 Å². The number of carboxylic acids is 1. The largest absolute Gasteiger partial charge is 0.480 e. The first kappa shape index (κ1) is 33.9. The Balaban J connectivity index is 1.18. The van der Waals surface area contributed by atoms with Gasteiger partial charge >= 0.3 is 5.97 Å². The van der Waals surface area contributed by atoms with E-state index >= 15 is 0 Å². The Morgan fingerprint density at radius 3 is 2.04 bits per heavy atom. The van der Waals surface area contributed by atoms with Crippen LogP contribution in [-0.2, 0) is 29.7 Å². The molecule has 0 saturated carbocycles. The molecule has 0 bridgehead atoms. The van der Waals surface area contributed by atoms with E-state index in [1.807, 2.05) is 82.9 Å². The van der Waals surface area contributed by atoms with Gasteiger partial charge in [0.2, 0.25) is 0 Å². The van der Waals surface area contributed by atoms with Gasteiger partial charge in [-0.3, -0.25) is 9.59 Å². The van der Waals surface area contributed by atoms with Crippen molar-refractivity contribution in [1.29, 1.82) is 0 Å². The summed E-state index contributed by atoms with van der Waals surface area (Å²) in [5, 5.41) is 23.3. The van der Waals surface area contributed by atoms with Crippen LogP contribution in [0.2, 0.25) is 0 Å². The smallest absolute Gasteiger partial charge is 0.323 e. The van der Waals surface area contributed by atoms with Crippen LogP contribution in [0.3, 0.4) is 0 Å². The first-order valence-corrected chi connectivity index (χ1v) is 18.5. The Hall–Kier alpha value is -6.94. The molecule has 0 aliphatic heterocycles. The third-order valence-corrected chi connectivity index (χ3v) is 10.9. The van der Waals surface area contributed by atoms with Crippen molar-refractivity contribution >= 4 is 17.0 Å². The van der Waals surface area contributed by atoms with Gasteiger partial charge in [0.05, 0.1) is 11.6 Å². The highest BCUT2D eigenvalue weighted by Gasteiger charge is 2.42. The summed E-state index contributed by atoms with van der Waals surface area (Å²) in [5.41, 5.74) is 8.09. The number of pyridine rings is 1. The average Bonchev–Trinajstić information content (AvgIpc) is 3.98. The van der Waals surface area contributed by atoms with Gasteiger partial charge in [-0.15, -0.1) is 5.10 Å². The molecule has 0 saturated heterocycles. The standard InChI is InChI=1S/C45H37N7O3/c1-2-40-46-38-26-27-50(29-41(53)54)44(55)42(38)51(40)39-25-23-31-28-30(22-24-36(31)39)35-20-12-13-21-37(35)43-47-48-49-52(43)45(32-14-6-3-7-15-32,33-16-8-4-9-17-33)34-18-10-5-11-19-34/h3-22,24,26-28,39H,2,23,25,29H2,1H3,(H,53,54)/t39-/m0/s1. The summed E-state index contributed by atoms with van der Waals surface area (Å²) < 4.78 is 5.25. The second-order valence-electron chi connectivity index (χ2n) is 13.9. The summed E-state index contributed by atoms with van der Waals surface area (Å²) >= 11 is 0. The molecule has 1 aliphatic rings. The fourth-order valence-electron chi connectivity index (χ4n) is 8.49. The number of aliphatic carboxylic acids is 1. The minimum Gasteiger partial charge on any atom is -0.480 e. The lowest BCUT2D eigenvalue weighted by Gasteiger charge is -2.36. The quantitative estimate of drug-likeness (QED) is 0.145. The maximum atomic E-state index is 13.7.